The number of carbonyl (C=O) groups is 4. The molecule has 1 saturated heterocycles. The molecule has 252 valence electrons. The van der Waals surface area contributed by atoms with Gasteiger partial charge in [-0.3, -0.25) is 19.1 Å². The van der Waals surface area contributed by atoms with E-state index < -0.39 is 62.8 Å². The average Bonchev–Trinajstić information content (AvgIpc) is 3.76. The zero-order valence-corrected chi connectivity index (χ0v) is 28.2. The molecule has 1 aromatic rings. The Morgan fingerprint density at radius 1 is 1.09 bits per heavy atom. The SMILES string of the molecule is C#CCC(C/C=C\CCCCC)(NC(=O)[C@@H]1CC(c2ccccc2)CN1C(=O)CNC(=O)OC(C)(C)C)C(=O)NS(=O)(=O)C1CC1. The second-order valence-corrected chi connectivity index (χ2v) is 15.0. The van der Waals surface area contributed by atoms with Crippen molar-refractivity contribution in [3.05, 3.63) is 48.0 Å². The van der Waals surface area contributed by atoms with E-state index in [2.05, 4.69) is 28.2 Å². The summed E-state index contributed by atoms with van der Waals surface area (Å²) in [6.07, 6.45) is 13.2. The van der Waals surface area contributed by atoms with Crippen molar-refractivity contribution in [1.82, 2.24) is 20.3 Å². The van der Waals surface area contributed by atoms with E-state index in [1.807, 2.05) is 36.4 Å². The van der Waals surface area contributed by atoms with Gasteiger partial charge >= 0.3 is 6.09 Å². The maximum atomic E-state index is 14.1. The maximum Gasteiger partial charge on any atom is 0.408 e. The number of ether oxygens (including phenoxy) is 1. The van der Waals surface area contributed by atoms with E-state index in [1.165, 1.54) is 4.90 Å². The first kappa shape index (κ1) is 36.6. The Labute approximate surface area is 273 Å². The second-order valence-electron chi connectivity index (χ2n) is 13.1. The molecule has 3 atom stereocenters. The number of terminal acetylenes is 1. The lowest BCUT2D eigenvalue weighted by Crippen LogP contribution is -2.62. The van der Waals surface area contributed by atoms with E-state index >= 15 is 0 Å². The Morgan fingerprint density at radius 3 is 2.39 bits per heavy atom. The van der Waals surface area contributed by atoms with Crippen LogP contribution in [0.4, 0.5) is 4.79 Å². The van der Waals surface area contributed by atoms with E-state index in [4.69, 9.17) is 11.2 Å². The number of allylic oxidation sites excluding steroid dienone is 1. The Balaban J connectivity index is 1.89. The Kier molecular flexibility index (Phi) is 12.8. The average molecular weight is 657 g/mol. The summed E-state index contributed by atoms with van der Waals surface area (Å²) >= 11 is 0. The van der Waals surface area contributed by atoms with Gasteiger partial charge in [-0.15, -0.1) is 12.3 Å². The maximum absolute atomic E-state index is 14.1. The molecule has 0 bridgehead atoms. The van der Waals surface area contributed by atoms with Crippen LogP contribution in [0.1, 0.15) is 97.0 Å². The molecule has 11 nitrogen and oxygen atoms in total. The summed E-state index contributed by atoms with van der Waals surface area (Å²) in [5, 5.41) is 4.59. The fourth-order valence-corrected chi connectivity index (χ4v) is 6.76. The molecule has 2 fully saturated rings. The van der Waals surface area contributed by atoms with Crippen LogP contribution >= 0.6 is 0 Å². The molecular formula is C34H48N4O7S. The molecule has 0 spiro atoms. The van der Waals surface area contributed by atoms with Gasteiger partial charge in [-0.2, -0.15) is 0 Å². The minimum absolute atomic E-state index is 0.0376. The molecule has 1 saturated carbocycles. The normalized spacial score (nSPS) is 19.6. The highest BCUT2D eigenvalue weighted by atomic mass is 32.2. The van der Waals surface area contributed by atoms with Crippen LogP contribution in [0, 0.1) is 12.3 Å². The summed E-state index contributed by atoms with van der Waals surface area (Å²) in [7, 11) is -3.94. The molecule has 2 aliphatic rings. The molecule has 0 radical (unpaired) electrons. The molecule has 46 heavy (non-hydrogen) atoms. The third-order valence-electron chi connectivity index (χ3n) is 7.98. The van der Waals surface area contributed by atoms with Crippen LogP contribution in [-0.2, 0) is 29.1 Å². The van der Waals surface area contributed by atoms with Gasteiger partial charge in [-0.05, 0) is 64.9 Å². The number of amides is 4. The van der Waals surface area contributed by atoms with Crippen LogP contribution in [0.3, 0.4) is 0 Å². The highest BCUT2D eigenvalue weighted by molar-refractivity contribution is 7.91. The fraction of sp³-hybridized carbons (Fsp3) is 0.588. The van der Waals surface area contributed by atoms with Crippen LogP contribution in [0.15, 0.2) is 42.5 Å². The van der Waals surface area contributed by atoms with Crippen molar-refractivity contribution in [1.29, 1.82) is 0 Å². The van der Waals surface area contributed by atoms with Gasteiger partial charge in [0.15, 0.2) is 0 Å². The second kappa shape index (κ2) is 16.1. The minimum atomic E-state index is -3.94. The van der Waals surface area contributed by atoms with Crippen LogP contribution in [0.25, 0.3) is 0 Å². The van der Waals surface area contributed by atoms with Crippen molar-refractivity contribution in [3.63, 3.8) is 0 Å². The third-order valence-corrected chi connectivity index (χ3v) is 9.80. The van der Waals surface area contributed by atoms with E-state index in [1.54, 1.807) is 26.8 Å². The molecule has 3 N–H and O–H groups in total. The number of hydrogen-bond donors (Lipinski definition) is 3. The molecule has 4 amide bonds. The first-order valence-electron chi connectivity index (χ1n) is 16.0. The minimum Gasteiger partial charge on any atom is -0.444 e. The molecule has 12 heteroatoms. The van der Waals surface area contributed by atoms with Crippen LogP contribution in [0.5, 0.6) is 0 Å². The first-order valence-corrected chi connectivity index (χ1v) is 17.5. The summed E-state index contributed by atoms with van der Waals surface area (Å²) in [6.45, 7) is 6.99. The lowest BCUT2D eigenvalue weighted by Gasteiger charge is -2.33. The van der Waals surface area contributed by atoms with Crippen molar-refractivity contribution < 1.29 is 32.3 Å². The van der Waals surface area contributed by atoms with Crippen LogP contribution in [-0.4, -0.2) is 72.7 Å². The van der Waals surface area contributed by atoms with E-state index in [9.17, 15) is 27.6 Å². The number of rotatable bonds is 15. The predicted molar refractivity (Wildman–Crippen MR) is 176 cm³/mol. The number of likely N-dealkylation sites (tertiary alicyclic amines) is 1. The highest BCUT2D eigenvalue weighted by Gasteiger charge is 2.47. The first-order chi connectivity index (χ1) is 21.7. The Hall–Kier alpha value is -3.85. The quantitative estimate of drug-likeness (QED) is 0.147. The topological polar surface area (TPSA) is 151 Å². The van der Waals surface area contributed by atoms with Crippen LogP contribution < -0.4 is 15.4 Å². The van der Waals surface area contributed by atoms with Gasteiger partial charge < -0.3 is 20.3 Å². The van der Waals surface area contributed by atoms with E-state index in [0.29, 0.717) is 12.8 Å². The van der Waals surface area contributed by atoms with E-state index in [-0.39, 0.29) is 31.7 Å². The molecule has 1 aliphatic heterocycles. The van der Waals surface area contributed by atoms with Gasteiger partial charge in [-0.1, -0.05) is 62.2 Å². The fourth-order valence-electron chi connectivity index (χ4n) is 5.38. The molecule has 1 heterocycles. The van der Waals surface area contributed by atoms with Crippen LogP contribution in [0.2, 0.25) is 0 Å². The molecule has 0 aromatic heterocycles. The summed E-state index contributed by atoms with van der Waals surface area (Å²) in [5.74, 6) is 0.186. The number of hydrogen-bond acceptors (Lipinski definition) is 7. The van der Waals surface area contributed by atoms with Crippen molar-refractivity contribution in [3.8, 4) is 12.3 Å². The largest absolute Gasteiger partial charge is 0.444 e. The van der Waals surface area contributed by atoms with Gasteiger partial charge in [0.25, 0.3) is 5.91 Å². The van der Waals surface area contributed by atoms with Gasteiger partial charge in [0.2, 0.25) is 21.8 Å². The zero-order chi connectivity index (χ0) is 34.0. The predicted octanol–water partition coefficient (Wildman–Crippen LogP) is 3.91. The number of benzene rings is 1. The van der Waals surface area contributed by atoms with Crippen molar-refractivity contribution >= 4 is 33.8 Å². The number of sulfonamides is 1. The van der Waals surface area contributed by atoms with Gasteiger partial charge in [0, 0.05) is 18.9 Å². The number of nitrogens with one attached hydrogen (secondary N) is 3. The van der Waals surface area contributed by atoms with Gasteiger partial charge in [0.1, 0.15) is 23.7 Å². The number of alkyl carbamates (subject to hydrolysis) is 1. The number of nitrogens with zero attached hydrogens (tertiary/aromatic N) is 1. The summed E-state index contributed by atoms with van der Waals surface area (Å²) in [5.41, 5.74) is -1.61. The van der Waals surface area contributed by atoms with Gasteiger partial charge in [-0.25, -0.2) is 13.2 Å². The Bertz CT molecular complexity index is 1410. The summed E-state index contributed by atoms with van der Waals surface area (Å²) in [4.78, 5) is 55.0. The lowest BCUT2D eigenvalue weighted by molar-refractivity contribution is -0.140. The zero-order valence-electron chi connectivity index (χ0n) is 27.3. The lowest BCUT2D eigenvalue weighted by atomic mass is 9.89. The molecule has 1 aliphatic carbocycles. The monoisotopic (exact) mass is 656 g/mol. The molecule has 2 unspecified atom stereocenters. The molecule has 1 aromatic carbocycles. The van der Waals surface area contributed by atoms with E-state index in [0.717, 1.165) is 31.2 Å². The van der Waals surface area contributed by atoms with Crippen molar-refractivity contribution in [2.75, 3.05) is 13.1 Å². The summed E-state index contributed by atoms with van der Waals surface area (Å²) in [6, 6.07) is 8.41. The van der Waals surface area contributed by atoms with Gasteiger partial charge in [0.05, 0.1) is 5.25 Å². The Morgan fingerprint density at radius 2 is 1.78 bits per heavy atom. The highest BCUT2D eigenvalue weighted by Crippen LogP contribution is 2.33. The third kappa shape index (κ3) is 10.6. The number of carbonyl (C=O) groups excluding carboxylic acids is 4. The van der Waals surface area contributed by atoms with Crippen molar-refractivity contribution in [2.45, 2.75) is 114 Å². The molecule has 3 rings (SSSR count). The molecular weight excluding hydrogens is 608 g/mol. The standard InChI is InChI=1S/C34H48N4O7S/c1-6-8-9-10-11-15-21-34(20-7-2,31(41)37-46(43,44)27-18-19-27)36-30(40)28-22-26(25-16-13-12-14-17-25)24-38(28)29(39)23-35-32(42)45-33(3,4)5/h2,11-17,26-28H,6,8-10,18-24H2,1,3-5H3,(H,35,42)(H,36,40)(H,37,41)/b15-11-/t26?,28-,34?/m0/s1. The summed E-state index contributed by atoms with van der Waals surface area (Å²) < 4.78 is 33.0. The van der Waals surface area contributed by atoms with Crippen molar-refractivity contribution in [2.24, 2.45) is 0 Å². The number of unbranched alkanes of at least 4 members (excludes halogenated alkanes) is 3. The smallest absolute Gasteiger partial charge is 0.408 e.